The van der Waals surface area contributed by atoms with Gasteiger partial charge in [0.25, 0.3) is 0 Å². The molecule has 0 bridgehead atoms. The van der Waals surface area contributed by atoms with Crippen molar-refractivity contribution in [1.82, 2.24) is 21.3 Å². The third-order valence-electron chi connectivity index (χ3n) is 7.18. The van der Waals surface area contributed by atoms with Crippen molar-refractivity contribution in [3.8, 4) is 0 Å². The molecule has 0 aromatic heterocycles. The maximum atomic E-state index is 13.1. The Hall–Kier alpha value is -4.00. The lowest BCUT2D eigenvalue weighted by molar-refractivity contribution is -0.143. The molecule has 0 saturated heterocycles. The smallest absolute Gasteiger partial charge is 0.328 e. The molecule has 0 aromatic carbocycles. The molecule has 0 aliphatic carbocycles. The largest absolute Gasteiger partial charge is 0.480 e. The van der Waals surface area contributed by atoms with Crippen molar-refractivity contribution in [3.05, 3.63) is 34.9 Å². The minimum Gasteiger partial charge on any atom is -0.480 e. The molecule has 266 valence electrons. The van der Waals surface area contributed by atoms with Crippen LogP contribution < -0.4 is 21.3 Å². The molecule has 0 saturated carbocycles. The summed E-state index contributed by atoms with van der Waals surface area (Å²) in [4.78, 5) is 74.3. The van der Waals surface area contributed by atoms with E-state index in [1.54, 1.807) is 34.6 Å². The van der Waals surface area contributed by atoms with Gasteiger partial charge in [-0.15, -0.1) is 0 Å². The number of hydrogen-bond donors (Lipinski definition) is 7. The maximum Gasteiger partial charge on any atom is 0.328 e. The highest BCUT2D eigenvalue weighted by Crippen LogP contribution is 2.12. The van der Waals surface area contributed by atoms with E-state index in [-0.39, 0.29) is 25.2 Å². The molecule has 0 spiro atoms. The predicted molar refractivity (Wildman–Crippen MR) is 179 cm³/mol. The predicted octanol–water partition coefficient (Wildman–Crippen LogP) is 2.99. The average molecular weight is 665 g/mol. The first kappa shape index (κ1) is 43.0. The Morgan fingerprint density at radius 2 is 1.21 bits per heavy atom. The summed E-state index contributed by atoms with van der Waals surface area (Å²) in [6, 6.07) is -5.12. The van der Waals surface area contributed by atoms with Gasteiger partial charge in [-0.2, -0.15) is 0 Å². The van der Waals surface area contributed by atoms with Crippen molar-refractivity contribution in [2.75, 3.05) is 6.61 Å². The lowest BCUT2D eigenvalue weighted by Crippen LogP contribution is -2.57. The van der Waals surface area contributed by atoms with Gasteiger partial charge in [0.2, 0.25) is 23.6 Å². The Balaban J connectivity index is 5.25. The second kappa shape index (κ2) is 22.5. The molecular formula is C34H56N4O9. The summed E-state index contributed by atoms with van der Waals surface area (Å²) in [5.41, 5.74) is 3.32. The Bertz CT molecular complexity index is 1170. The molecule has 0 fully saturated rings. The van der Waals surface area contributed by atoms with E-state index in [4.69, 9.17) is 5.11 Å². The van der Waals surface area contributed by atoms with Gasteiger partial charge < -0.3 is 36.6 Å². The van der Waals surface area contributed by atoms with E-state index in [9.17, 15) is 39.0 Å². The van der Waals surface area contributed by atoms with Gasteiger partial charge >= 0.3 is 11.9 Å². The van der Waals surface area contributed by atoms with Gasteiger partial charge in [-0.05, 0) is 78.1 Å². The topological polar surface area (TPSA) is 211 Å². The summed E-state index contributed by atoms with van der Waals surface area (Å²) in [5.74, 6) is -5.94. The van der Waals surface area contributed by atoms with Gasteiger partial charge in [-0.25, -0.2) is 9.59 Å². The van der Waals surface area contributed by atoms with E-state index >= 15 is 0 Å². The van der Waals surface area contributed by atoms with Crippen LogP contribution in [0.25, 0.3) is 0 Å². The molecule has 7 N–H and O–H groups in total. The van der Waals surface area contributed by atoms with E-state index < -0.39 is 72.3 Å². The molecule has 13 heteroatoms. The highest BCUT2D eigenvalue weighted by atomic mass is 16.4. The van der Waals surface area contributed by atoms with Crippen molar-refractivity contribution in [2.45, 2.75) is 125 Å². The van der Waals surface area contributed by atoms with Crippen molar-refractivity contribution < 1.29 is 44.1 Å². The molecule has 4 amide bonds. The lowest BCUT2D eigenvalue weighted by atomic mass is 9.99. The van der Waals surface area contributed by atoms with Gasteiger partial charge in [-0.3, -0.25) is 19.2 Å². The van der Waals surface area contributed by atoms with Crippen LogP contribution in [0.3, 0.4) is 0 Å². The van der Waals surface area contributed by atoms with Crippen molar-refractivity contribution in [3.63, 3.8) is 0 Å². The van der Waals surface area contributed by atoms with Gasteiger partial charge in [0.05, 0.1) is 6.61 Å². The minimum absolute atomic E-state index is 0.0685. The van der Waals surface area contributed by atoms with Crippen LogP contribution in [0.15, 0.2) is 34.9 Å². The molecule has 1 unspecified atom stereocenters. The highest BCUT2D eigenvalue weighted by molar-refractivity contribution is 5.94. The molecule has 0 heterocycles. The number of aliphatic carboxylic acids is 2. The van der Waals surface area contributed by atoms with Crippen LogP contribution in [-0.4, -0.2) is 81.7 Å². The second-order valence-corrected chi connectivity index (χ2v) is 12.9. The Kier molecular flexibility index (Phi) is 20.6. The van der Waals surface area contributed by atoms with E-state index in [0.29, 0.717) is 6.42 Å². The van der Waals surface area contributed by atoms with Crippen LogP contribution >= 0.6 is 0 Å². The first-order valence-corrected chi connectivity index (χ1v) is 16.1. The number of allylic oxidation sites excluding steroid dienone is 5. The summed E-state index contributed by atoms with van der Waals surface area (Å²) in [7, 11) is 0. The van der Waals surface area contributed by atoms with E-state index in [1.165, 1.54) is 17.2 Å². The van der Waals surface area contributed by atoms with Crippen LogP contribution in [0.5, 0.6) is 0 Å². The normalized spacial score (nSPS) is 14.4. The Labute approximate surface area is 278 Å². The number of carboxylic acid groups (broad SMARTS) is 2. The first-order valence-electron chi connectivity index (χ1n) is 16.1. The molecule has 4 atom stereocenters. The van der Waals surface area contributed by atoms with Crippen LogP contribution in [0.4, 0.5) is 0 Å². The molecule has 0 aromatic rings. The van der Waals surface area contributed by atoms with E-state index in [0.717, 1.165) is 24.8 Å². The van der Waals surface area contributed by atoms with Gasteiger partial charge in [-0.1, -0.05) is 56.6 Å². The number of carboxylic acids is 2. The average Bonchev–Trinajstić information content (AvgIpc) is 2.95. The lowest BCUT2D eigenvalue weighted by Gasteiger charge is -2.27. The fraction of sp³-hybridized carbons (Fsp3) is 0.647. The number of rotatable bonds is 22. The van der Waals surface area contributed by atoms with Crippen molar-refractivity contribution in [1.29, 1.82) is 0 Å². The quantitative estimate of drug-likeness (QED) is 0.0669. The van der Waals surface area contributed by atoms with Gasteiger partial charge in [0.15, 0.2) is 0 Å². The van der Waals surface area contributed by atoms with E-state index in [2.05, 4.69) is 54.2 Å². The summed E-state index contributed by atoms with van der Waals surface area (Å²) >= 11 is 0. The highest BCUT2D eigenvalue weighted by Gasteiger charge is 2.31. The van der Waals surface area contributed by atoms with Gasteiger partial charge in [0, 0.05) is 12.5 Å². The number of amides is 4. The number of aliphatic hydroxyl groups is 1. The molecular weight excluding hydrogens is 608 g/mol. The number of aliphatic hydroxyl groups excluding tert-OH is 1. The maximum absolute atomic E-state index is 13.1. The molecule has 0 aliphatic heterocycles. The standard InChI is InChI=1S/C34H56N4O9/c1-20(2)11-9-12-23(7)13-10-14-24(8)18-29(41)35-25(33(44)45)15-16-28(40)38-30(22(5)6)32(43)36-26(17-21(3)4)31(42)37-27(19-39)34(46)47/h11,13,18,21-22,25-27,30,39H,9-10,12,14-17,19H2,1-8H3,(H,35,41)(H,36,43)(H,37,42)(H,38,40)(H,44,45)(H,46,47)/b23-13+,24-18+/t25?,26-,27-,30-/m0/s1. The molecule has 0 aliphatic rings. The zero-order chi connectivity index (χ0) is 36.3. The number of nitrogens with one attached hydrogen (secondary N) is 4. The SMILES string of the molecule is CC(C)=CCC/C(C)=C/CC/C(C)=C/C(=O)NC(CCC(=O)N[C@H](C(=O)N[C@@H](CC(C)C)C(=O)N[C@@H](CO)C(=O)O)C(C)C)C(=O)O. The van der Waals surface area contributed by atoms with Crippen LogP contribution in [0.2, 0.25) is 0 Å². The first-order chi connectivity index (χ1) is 21.9. The number of carbonyl (C=O) groups is 6. The zero-order valence-corrected chi connectivity index (χ0v) is 29.1. The Morgan fingerprint density at radius 3 is 1.72 bits per heavy atom. The minimum atomic E-state index is -1.55. The number of hydrogen-bond acceptors (Lipinski definition) is 7. The molecule has 0 radical (unpaired) electrons. The third kappa shape index (κ3) is 19.3. The molecule has 0 rings (SSSR count). The zero-order valence-electron chi connectivity index (χ0n) is 29.1. The second-order valence-electron chi connectivity index (χ2n) is 12.9. The number of carbonyl (C=O) groups excluding carboxylic acids is 4. The van der Waals surface area contributed by atoms with Crippen LogP contribution in [0, 0.1) is 11.8 Å². The monoisotopic (exact) mass is 664 g/mol. The summed E-state index contributed by atoms with van der Waals surface area (Å²) in [5, 5.41) is 37.8. The fourth-order valence-electron chi connectivity index (χ4n) is 4.48. The van der Waals surface area contributed by atoms with Gasteiger partial charge in [0.1, 0.15) is 24.2 Å². The van der Waals surface area contributed by atoms with Crippen molar-refractivity contribution >= 4 is 35.6 Å². The van der Waals surface area contributed by atoms with Crippen LogP contribution in [0.1, 0.15) is 100 Å². The molecule has 13 nitrogen and oxygen atoms in total. The molecule has 47 heavy (non-hydrogen) atoms. The summed E-state index contributed by atoms with van der Waals surface area (Å²) < 4.78 is 0. The Morgan fingerprint density at radius 1 is 0.660 bits per heavy atom. The fourth-order valence-corrected chi connectivity index (χ4v) is 4.48. The van der Waals surface area contributed by atoms with Crippen molar-refractivity contribution in [2.24, 2.45) is 11.8 Å². The summed E-state index contributed by atoms with van der Waals surface area (Å²) in [6.07, 6.45) is 8.61. The van der Waals surface area contributed by atoms with Crippen LogP contribution in [-0.2, 0) is 28.8 Å². The van der Waals surface area contributed by atoms with E-state index in [1.807, 2.05) is 0 Å². The summed E-state index contributed by atoms with van der Waals surface area (Å²) in [6.45, 7) is 14.1. The third-order valence-corrected chi connectivity index (χ3v) is 7.18.